The van der Waals surface area contributed by atoms with E-state index in [0.29, 0.717) is 19.3 Å². The summed E-state index contributed by atoms with van der Waals surface area (Å²) >= 11 is 2.36. The monoisotopic (exact) mass is 642 g/mol. The fourth-order valence-corrected chi connectivity index (χ4v) is 4.61. The number of carbonyl (C=O) groups excluding carboxylic acids is 2. The average Bonchev–Trinajstić information content (AvgIpc) is 3.37. The number of amides is 2. The summed E-state index contributed by atoms with van der Waals surface area (Å²) in [4.78, 5) is 24.6. The number of aromatic nitrogens is 3. The first-order valence-corrected chi connectivity index (χ1v) is 16.8. The summed E-state index contributed by atoms with van der Waals surface area (Å²) in [5, 5.41) is 13.8. The summed E-state index contributed by atoms with van der Waals surface area (Å²) in [7, 11) is 2.05. The molecule has 1 aromatic heterocycles. The number of ether oxygens (including phenoxy) is 1. The maximum absolute atomic E-state index is 12.9. The molecule has 0 saturated carbocycles. The molecule has 204 valence electrons. The number of rotatable bonds is 14. The quantitative estimate of drug-likeness (QED) is 0.133. The molecule has 2 N–H and O–H groups in total. The van der Waals surface area contributed by atoms with Crippen LogP contribution in [-0.4, -0.2) is 46.0 Å². The van der Waals surface area contributed by atoms with Crippen molar-refractivity contribution in [2.75, 3.05) is 23.6 Å². The SMILES string of the molecule is CCC/C=C/c1c(NC(=O)CCCCCCNC(=O)OC(C)(C)C)cc(-n2cnnc2)cc1N(C)PI. The molecule has 1 heterocycles. The normalized spacial score (nSPS) is 11.8. The molecule has 2 aromatic rings. The van der Waals surface area contributed by atoms with E-state index in [2.05, 4.69) is 79.7 Å². The third-order valence-corrected chi connectivity index (χ3v) is 8.03. The zero-order valence-corrected chi connectivity index (χ0v) is 25.7. The van der Waals surface area contributed by atoms with E-state index in [1.165, 1.54) is 0 Å². The van der Waals surface area contributed by atoms with Crippen LogP contribution in [0.15, 0.2) is 30.9 Å². The number of alkyl carbamates (subject to hydrolysis) is 1. The third-order valence-electron chi connectivity index (χ3n) is 5.36. The van der Waals surface area contributed by atoms with Crippen LogP contribution < -0.4 is 15.3 Å². The Balaban J connectivity index is 2.00. The van der Waals surface area contributed by atoms with Crippen LogP contribution in [0.2, 0.25) is 0 Å². The molecule has 1 atom stereocenters. The molecule has 0 aliphatic carbocycles. The number of unbranched alkanes of at least 4 members (excludes halogenated alkanes) is 4. The van der Waals surface area contributed by atoms with Gasteiger partial charge < -0.3 is 20.0 Å². The molecule has 0 aliphatic rings. The molecule has 0 radical (unpaired) electrons. The third kappa shape index (κ3) is 11.4. The molecule has 1 unspecified atom stereocenters. The van der Waals surface area contributed by atoms with Crippen molar-refractivity contribution in [1.82, 2.24) is 20.1 Å². The minimum atomic E-state index is -0.495. The van der Waals surface area contributed by atoms with Crippen molar-refractivity contribution in [2.45, 2.75) is 78.2 Å². The van der Waals surface area contributed by atoms with Crippen molar-refractivity contribution >= 4 is 57.9 Å². The van der Waals surface area contributed by atoms with E-state index >= 15 is 0 Å². The highest BCUT2D eigenvalue weighted by molar-refractivity contribution is 14.2. The molecule has 11 heteroatoms. The minimum absolute atomic E-state index is 0.0107. The molecule has 0 aliphatic heterocycles. The van der Waals surface area contributed by atoms with E-state index in [1.54, 1.807) is 12.7 Å². The number of nitrogens with one attached hydrogen (secondary N) is 2. The largest absolute Gasteiger partial charge is 0.444 e. The molecule has 2 amide bonds. The summed E-state index contributed by atoms with van der Waals surface area (Å²) in [6.07, 6.45) is 13.7. The van der Waals surface area contributed by atoms with Gasteiger partial charge in [-0.1, -0.05) is 38.3 Å². The second kappa shape index (κ2) is 15.9. The van der Waals surface area contributed by atoms with Crippen LogP contribution >= 0.6 is 28.4 Å². The zero-order valence-electron chi connectivity index (χ0n) is 22.5. The molecule has 0 bridgehead atoms. The number of benzene rings is 1. The van der Waals surface area contributed by atoms with Crippen LogP contribution in [0.25, 0.3) is 11.8 Å². The number of nitrogens with zero attached hydrogens (tertiary/aromatic N) is 4. The van der Waals surface area contributed by atoms with Crippen LogP contribution in [0.4, 0.5) is 16.2 Å². The maximum atomic E-state index is 12.9. The predicted molar refractivity (Wildman–Crippen MR) is 162 cm³/mol. The van der Waals surface area contributed by atoms with E-state index in [-0.39, 0.29) is 5.91 Å². The van der Waals surface area contributed by atoms with Crippen molar-refractivity contribution in [2.24, 2.45) is 0 Å². The molecular formula is C26H40IN6O3P. The van der Waals surface area contributed by atoms with Gasteiger partial charge in [0.25, 0.3) is 0 Å². The summed E-state index contributed by atoms with van der Waals surface area (Å²) in [6, 6.07) is 4.07. The second-order valence-corrected chi connectivity index (χ2v) is 12.1. The van der Waals surface area contributed by atoms with Gasteiger partial charge in [-0.3, -0.25) is 9.36 Å². The Labute approximate surface area is 235 Å². The minimum Gasteiger partial charge on any atom is -0.444 e. The molecule has 37 heavy (non-hydrogen) atoms. The van der Waals surface area contributed by atoms with Gasteiger partial charge in [-0.15, -0.1) is 10.2 Å². The average molecular weight is 643 g/mol. The van der Waals surface area contributed by atoms with Gasteiger partial charge in [0.2, 0.25) is 5.91 Å². The number of anilines is 2. The molecule has 0 saturated heterocycles. The summed E-state index contributed by atoms with van der Waals surface area (Å²) in [5.74, 6) is -0.0107. The van der Waals surface area contributed by atoms with Gasteiger partial charge in [0.1, 0.15) is 18.3 Å². The zero-order chi connectivity index (χ0) is 27.3. The molecular weight excluding hydrogens is 602 g/mol. The van der Waals surface area contributed by atoms with Crippen molar-refractivity contribution < 1.29 is 14.3 Å². The van der Waals surface area contributed by atoms with Crippen LogP contribution in [0.5, 0.6) is 0 Å². The highest BCUT2D eigenvalue weighted by Crippen LogP contribution is 2.39. The first-order valence-electron chi connectivity index (χ1n) is 12.7. The highest BCUT2D eigenvalue weighted by Gasteiger charge is 2.16. The summed E-state index contributed by atoms with van der Waals surface area (Å²) < 4.78 is 9.26. The molecule has 1 aromatic carbocycles. The number of halogens is 1. The smallest absolute Gasteiger partial charge is 0.407 e. The van der Waals surface area contributed by atoms with Crippen molar-refractivity contribution in [3.05, 3.63) is 36.4 Å². The van der Waals surface area contributed by atoms with Gasteiger partial charge in [0, 0.05) is 32.0 Å². The van der Waals surface area contributed by atoms with Crippen LogP contribution in [0.3, 0.4) is 0 Å². The van der Waals surface area contributed by atoms with E-state index in [1.807, 2.05) is 31.4 Å². The fourth-order valence-electron chi connectivity index (χ4n) is 3.56. The maximum Gasteiger partial charge on any atom is 0.407 e. The number of hydrogen-bond acceptors (Lipinski definition) is 6. The van der Waals surface area contributed by atoms with Gasteiger partial charge in [-0.2, -0.15) is 0 Å². The lowest BCUT2D eigenvalue weighted by molar-refractivity contribution is -0.116. The fraction of sp³-hybridized carbons (Fsp3) is 0.538. The van der Waals surface area contributed by atoms with Gasteiger partial charge in [0.15, 0.2) is 0 Å². The van der Waals surface area contributed by atoms with E-state index in [4.69, 9.17) is 4.74 Å². The van der Waals surface area contributed by atoms with Crippen molar-refractivity contribution in [1.29, 1.82) is 0 Å². The van der Waals surface area contributed by atoms with Crippen molar-refractivity contribution in [3.8, 4) is 5.69 Å². The Morgan fingerprint density at radius 1 is 1.16 bits per heavy atom. The second-order valence-electron chi connectivity index (χ2n) is 9.77. The standard InChI is InChI=1S/C26H40IN6O3P/c1-6-7-10-13-21-22(16-20(33-18-29-30-19-33)17-23(21)32(5)37-27)31-24(34)14-11-8-9-12-15-28-25(35)36-26(2,3)4/h10,13,16-19,37H,6-9,11-12,14-15H2,1-5H3,(H,28,35)(H,31,34)/b13-10+. The highest BCUT2D eigenvalue weighted by atomic mass is 127. The Morgan fingerprint density at radius 2 is 1.86 bits per heavy atom. The first-order chi connectivity index (χ1) is 17.6. The van der Waals surface area contributed by atoms with Gasteiger partial charge >= 0.3 is 6.09 Å². The number of carbonyl (C=O) groups is 2. The van der Waals surface area contributed by atoms with Gasteiger partial charge in [-0.05, 0) is 74.2 Å². The Hall–Kier alpha value is -2.20. The molecule has 9 nitrogen and oxygen atoms in total. The Morgan fingerprint density at radius 3 is 2.51 bits per heavy atom. The van der Waals surface area contributed by atoms with Crippen LogP contribution in [0, 0.1) is 0 Å². The van der Waals surface area contributed by atoms with E-state index in [9.17, 15) is 9.59 Å². The summed E-state index contributed by atoms with van der Waals surface area (Å²) in [5.41, 5.74) is 3.21. The summed E-state index contributed by atoms with van der Waals surface area (Å²) in [6.45, 7) is 8.25. The van der Waals surface area contributed by atoms with Gasteiger partial charge in [0.05, 0.1) is 17.1 Å². The van der Waals surface area contributed by atoms with Gasteiger partial charge in [-0.25, -0.2) is 4.79 Å². The predicted octanol–water partition coefficient (Wildman–Crippen LogP) is 6.87. The van der Waals surface area contributed by atoms with Crippen molar-refractivity contribution in [3.63, 3.8) is 0 Å². The number of allylic oxidation sites excluding steroid dienone is 1. The van der Waals surface area contributed by atoms with Crippen LogP contribution in [-0.2, 0) is 9.53 Å². The lowest BCUT2D eigenvalue weighted by Crippen LogP contribution is -2.32. The lowest BCUT2D eigenvalue weighted by Gasteiger charge is -2.22. The molecule has 2 rings (SSSR count). The first kappa shape index (κ1) is 31.0. The topological polar surface area (TPSA) is 101 Å². The Kier molecular flexibility index (Phi) is 13.3. The molecule has 0 fully saturated rings. The number of hydrogen-bond donors (Lipinski definition) is 2. The lowest BCUT2D eigenvalue weighted by atomic mass is 10.1. The van der Waals surface area contributed by atoms with E-state index < -0.39 is 11.7 Å². The van der Waals surface area contributed by atoms with E-state index in [0.717, 1.165) is 61.2 Å². The Bertz CT molecular complexity index is 1020. The molecule has 0 spiro atoms. The van der Waals surface area contributed by atoms with Crippen LogP contribution in [0.1, 0.15) is 78.2 Å².